The minimum absolute atomic E-state index is 0.269. The van der Waals surface area contributed by atoms with Crippen molar-refractivity contribution in [3.8, 4) is 0 Å². The SMILES string of the molecule is Cc1nc(C)c(C(O)C(=O)OC(C)C)c(N2CCCC3(CCCC3)C2)c1Br. The Kier molecular flexibility index (Phi) is 6.16. The number of rotatable bonds is 4. The second-order valence-corrected chi connectivity index (χ2v) is 9.27. The van der Waals surface area contributed by atoms with E-state index in [-0.39, 0.29) is 6.10 Å². The fourth-order valence-corrected chi connectivity index (χ4v) is 5.36. The molecule has 2 aliphatic rings. The Morgan fingerprint density at radius 2 is 1.81 bits per heavy atom. The number of halogens is 1. The van der Waals surface area contributed by atoms with E-state index in [0.29, 0.717) is 16.7 Å². The van der Waals surface area contributed by atoms with E-state index in [4.69, 9.17) is 4.74 Å². The number of hydrogen-bond acceptors (Lipinski definition) is 5. The maximum atomic E-state index is 12.5. The summed E-state index contributed by atoms with van der Waals surface area (Å²) in [5, 5.41) is 10.8. The number of aromatic nitrogens is 1. The molecule has 1 saturated heterocycles. The van der Waals surface area contributed by atoms with Crippen LogP contribution in [0.3, 0.4) is 0 Å². The molecule has 1 N–H and O–H groups in total. The molecule has 6 heteroatoms. The van der Waals surface area contributed by atoms with E-state index in [1.807, 2.05) is 13.8 Å². The minimum atomic E-state index is -1.33. The Balaban J connectivity index is 2.01. The van der Waals surface area contributed by atoms with Gasteiger partial charge in [0.05, 0.1) is 22.0 Å². The highest BCUT2D eigenvalue weighted by Crippen LogP contribution is 2.48. The fourth-order valence-electron chi connectivity index (χ4n) is 4.80. The van der Waals surface area contributed by atoms with Crippen LogP contribution in [-0.2, 0) is 9.53 Å². The van der Waals surface area contributed by atoms with Crippen molar-refractivity contribution in [2.24, 2.45) is 5.41 Å². The molecule has 27 heavy (non-hydrogen) atoms. The zero-order chi connectivity index (χ0) is 19.8. The number of piperidine rings is 1. The molecule has 1 aliphatic carbocycles. The fraction of sp³-hybridized carbons (Fsp3) is 0.714. The summed E-state index contributed by atoms with van der Waals surface area (Å²) in [5.74, 6) is -0.612. The lowest BCUT2D eigenvalue weighted by Gasteiger charge is -2.43. The van der Waals surface area contributed by atoms with Gasteiger partial charge in [-0.05, 0) is 74.7 Å². The summed E-state index contributed by atoms with van der Waals surface area (Å²) in [5.41, 5.74) is 3.43. The number of anilines is 1. The molecule has 0 radical (unpaired) electrons. The van der Waals surface area contributed by atoms with Gasteiger partial charge in [-0.3, -0.25) is 4.98 Å². The number of esters is 1. The van der Waals surface area contributed by atoms with Crippen LogP contribution in [0.25, 0.3) is 0 Å². The maximum Gasteiger partial charge on any atom is 0.340 e. The van der Waals surface area contributed by atoms with Crippen LogP contribution in [0.2, 0.25) is 0 Å². The topological polar surface area (TPSA) is 62.7 Å². The standard InChI is InChI=1S/C21H31BrN2O3/c1-13(2)27-20(26)19(25)16-14(3)23-15(4)17(22)18(16)24-11-7-10-21(12-24)8-5-6-9-21/h13,19,25H,5-12H2,1-4H3. The van der Waals surface area contributed by atoms with Crippen molar-refractivity contribution >= 4 is 27.6 Å². The quantitative estimate of drug-likeness (QED) is 0.695. The van der Waals surface area contributed by atoms with Gasteiger partial charge in [0, 0.05) is 24.3 Å². The van der Waals surface area contributed by atoms with Gasteiger partial charge >= 0.3 is 5.97 Å². The summed E-state index contributed by atoms with van der Waals surface area (Å²) < 4.78 is 6.15. The summed E-state index contributed by atoms with van der Waals surface area (Å²) in [6, 6.07) is 0. The number of carbonyl (C=O) groups is 1. The predicted octanol–water partition coefficient (Wildman–Crippen LogP) is 4.61. The Morgan fingerprint density at radius 3 is 2.44 bits per heavy atom. The van der Waals surface area contributed by atoms with Crippen molar-refractivity contribution in [1.82, 2.24) is 4.98 Å². The Hall–Kier alpha value is -1.14. The molecular formula is C21H31BrN2O3. The van der Waals surface area contributed by atoms with Crippen LogP contribution in [-0.4, -0.2) is 35.3 Å². The van der Waals surface area contributed by atoms with E-state index in [2.05, 4.69) is 25.8 Å². The highest BCUT2D eigenvalue weighted by atomic mass is 79.9. The molecule has 2 fully saturated rings. The third-order valence-electron chi connectivity index (χ3n) is 6.00. The molecule has 1 unspecified atom stereocenters. The molecule has 1 aromatic rings. The van der Waals surface area contributed by atoms with Gasteiger partial charge in [-0.2, -0.15) is 0 Å². The van der Waals surface area contributed by atoms with Crippen LogP contribution in [0.4, 0.5) is 5.69 Å². The molecule has 2 heterocycles. The zero-order valence-corrected chi connectivity index (χ0v) is 18.4. The van der Waals surface area contributed by atoms with Gasteiger partial charge in [-0.15, -0.1) is 0 Å². The summed E-state index contributed by atoms with van der Waals surface area (Å²) in [6.07, 6.45) is 5.98. The number of nitrogens with zero attached hydrogens (tertiary/aromatic N) is 2. The van der Waals surface area contributed by atoms with E-state index in [1.165, 1.54) is 32.1 Å². The molecule has 0 aromatic carbocycles. The van der Waals surface area contributed by atoms with Crippen molar-refractivity contribution in [2.45, 2.75) is 78.4 Å². The van der Waals surface area contributed by atoms with Crippen LogP contribution in [0.15, 0.2) is 4.47 Å². The molecule has 1 aliphatic heterocycles. The normalized spacial score (nSPS) is 20.3. The molecular weight excluding hydrogens is 408 g/mol. The molecule has 1 aromatic heterocycles. The molecule has 5 nitrogen and oxygen atoms in total. The number of ether oxygens (including phenoxy) is 1. The van der Waals surface area contributed by atoms with Crippen LogP contribution < -0.4 is 4.90 Å². The largest absolute Gasteiger partial charge is 0.461 e. The zero-order valence-electron chi connectivity index (χ0n) is 16.8. The van der Waals surface area contributed by atoms with E-state index in [9.17, 15) is 9.90 Å². The molecule has 1 spiro atoms. The number of carbonyl (C=O) groups excluding carboxylic acids is 1. The number of aliphatic hydroxyl groups excluding tert-OH is 1. The monoisotopic (exact) mass is 438 g/mol. The Labute approximate surface area is 170 Å². The van der Waals surface area contributed by atoms with E-state index >= 15 is 0 Å². The average Bonchev–Trinajstić information content (AvgIpc) is 3.04. The molecule has 1 atom stereocenters. The first-order valence-electron chi connectivity index (χ1n) is 10.0. The lowest BCUT2D eigenvalue weighted by Crippen LogP contribution is -2.43. The number of aliphatic hydroxyl groups is 1. The Bertz CT molecular complexity index is 714. The van der Waals surface area contributed by atoms with Crippen molar-refractivity contribution in [1.29, 1.82) is 0 Å². The summed E-state index contributed by atoms with van der Waals surface area (Å²) >= 11 is 3.70. The van der Waals surface area contributed by atoms with Gasteiger partial charge in [-0.25, -0.2) is 4.79 Å². The predicted molar refractivity (Wildman–Crippen MR) is 110 cm³/mol. The molecule has 3 rings (SSSR count). The lowest BCUT2D eigenvalue weighted by atomic mass is 9.78. The molecule has 150 valence electrons. The van der Waals surface area contributed by atoms with Crippen molar-refractivity contribution < 1.29 is 14.6 Å². The molecule has 0 amide bonds. The number of hydrogen-bond donors (Lipinski definition) is 1. The first-order valence-corrected chi connectivity index (χ1v) is 10.8. The molecule has 0 bridgehead atoms. The van der Waals surface area contributed by atoms with Crippen molar-refractivity contribution in [2.75, 3.05) is 18.0 Å². The van der Waals surface area contributed by atoms with E-state index < -0.39 is 12.1 Å². The van der Waals surface area contributed by atoms with Gasteiger partial charge in [0.25, 0.3) is 0 Å². The van der Waals surface area contributed by atoms with Gasteiger partial charge in [0.2, 0.25) is 0 Å². The third-order valence-corrected chi connectivity index (χ3v) is 6.95. The van der Waals surface area contributed by atoms with E-state index in [1.54, 1.807) is 13.8 Å². The van der Waals surface area contributed by atoms with Crippen LogP contribution >= 0.6 is 15.9 Å². The third kappa shape index (κ3) is 4.16. The summed E-state index contributed by atoms with van der Waals surface area (Å²) in [7, 11) is 0. The van der Waals surface area contributed by atoms with Crippen LogP contribution in [0.5, 0.6) is 0 Å². The highest BCUT2D eigenvalue weighted by Gasteiger charge is 2.40. The Morgan fingerprint density at radius 1 is 1.19 bits per heavy atom. The molecule has 1 saturated carbocycles. The second kappa shape index (κ2) is 8.08. The smallest absolute Gasteiger partial charge is 0.340 e. The number of aryl methyl sites for hydroxylation is 2. The van der Waals surface area contributed by atoms with Gasteiger partial charge in [0.15, 0.2) is 6.10 Å². The minimum Gasteiger partial charge on any atom is -0.461 e. The van der Waals surface area contributed by atoms with Crippen molar-refractivity contribution in [3.05, 3.63) is 21.4 Å². The van der Waals surface area contributed by atoms with Gasteiger partial charge in [0.1, 0.15) is 0 Å². The maximum absolute atomic E-state index is 12.5. The first-order chi connectivity index (χ1) is 12.7. The van der Waals surface area contributed by atoms with Crippen LogP contribution in [0.1, 0.15) is 75.4 Å². The van der Waals surface area contributed by atoms with Crippen LogP contribution in [0, 0.1) is 19.3 Å². The average molecular weight is 439 g/mol. The van der Waals surface area contributed by atoms with Gasteiger partial charge < -0.3 is 14.7 Å². The summed E-state index contributed by atoms with van der Waals surface area (Å²) in [6.45, 7) is 9.31. The summed E-state index contributed by atoms with van der Waals surface area (Å²) in [4.78, 5) is 19.4. The lowest BCUT2D eigenvalue weighted by molar-refractivity contribution is -0.157. The first kappa shape index (κ1) is 20.6. The van der Waals surface area contributed by atoms with Gasteiger partial charge in [-0.1, -0.05) is 12.8 Å². The van der Waals surface area contributed by atoms with Crippen molar-refractivity contribution in [3.63, 3.8) is 0 Å². The highest BCUT2D eigenvalue weighted by molar-refractivity contribution is 9.10. The van der Waals surface area contributed by atoms with E-state index in [0.717, 1.165) is 35.4 Å². The second-order valence-electron chi connectivity index (χ2n) is 8.48. The number of pyridine rings is 1.